The fourth-order valence-corrected chi connectivity index (χ4v) is 4.56. The molecule has 1 aliphatic rings. The highest BCUT2D eigenvalue weighted by atomic mass is 32.1. The van der Waals surface area contributed by atoms with Crippen molar-refractivity contribution in [3.05, 3.63) is 29.3 Å². The lowest BCUT2D eigenvalue weighted by atomic mass is 9.71. The molecule has 8 heteroatoms. The van der Waals surface area contributed by atoms with Crippen LogP contribution in [0.4, 0.5) is 9.18 Å². The van der Waals surface area contributed by atoms with Gasteiger partial charge in [0.25, 0.3) is 0 Å². The number of aromatic nitrogens is 1. The molecule has 3 rings (SSSR count). The minimum absolute atomic E-state index is 0.144. The summed E-state index contributed by atoms with van der Waals surface area (Å²) in [7, 11) is 0. The third-order valence-electron chi connectivity index (χ3n) is 4.94. The molecule has 1 aromatic carbocycles. The van der Waals surface area contributed by atoms with Gasteiger partial charge in [-0.3, -0.25) is 9.69 Å². The van der Waals surface area contributed by atoms with Gasteiger partial charge in [-0.25, -0.2) is 14.2 Å². The van der Waals surface area contributed by atoms with E-state index >= 15 is 0 Å². The van der Waals surface area contributed by atoms with E-state index in [0.29, 0.717) is 0 Å². The maximum absolute atomic E-state index is 14.1. The van der Waals surface area contributed by atoms with Crippen molar-refractivity contribution in [3.63, 3.8) is 0 Å². The molecule has 6 nitrogen and oxygen atoms in total. The minimum atomic E-state index is -1.45. The van der Waals surface area contributed by atoms with Crippen LogP contribution in [0.1, 0.15) is 32.2 Å². The molecule has 2 atom stereocenters. The molecule has 0 spiro atoms. The number of nitrogens with zero attached hydrogens (tertiary/aromatic N) is 2. The number of carboxylic acid groups (broad SMARTS) is 1. The molecule has 1 saturated heterocycles. The van der Waals surface area contributed by atoms with E-state index in [-0.39, 0.29) is 19.5 Å². The Morgan fingerprint density at radius 3 is 2.73 bits per heavy atom. The van der Waals surface area contributed by atoms with Gasteiger partial charge in [0.05, 0.1) is 23.3 Å². The summed E-state index contributed by atoms with van der Waals surface area (Å²) in [5.41, 5.74) is -1.36. The Hall–Kier alpha value is -2.22. The number of likely N-dealkylation sites (tertiary alicyclic amines) is 1. The lowest BCUT2D eigenvalue weighted by Crippen LogP contribution is -2.63. The van der Waals surface area contributed by atoms with Crippen LogP contribution in [0.2, 0.25) is 0 Å². The molecule has 1 aliphatic heterocycles. The summed E-state index contributed by atoms with van der Waals surface area (Å²) >= 11 is 1.47. The Morgan fingerprint density at radius 1 is 1.42 bits per heavy atom. The van der Waals surface area contributed by atoms with Crippen molar-refractivity contribution in [1.29, 1.82) is 0 Å². The average molecular weight is 379 g/mol. The number of hydrogen-bond acceptors (Lipinski definition) is 4. The number of thiazole rings is 1. The Bertz CT molecular complexity index is 815. The summed E-state index contributed by atoms with van der Waals surface area (Å²) in [5.74, 6) is -0.480. The van der Waals surface area contributed by atoms with Gasteiger partial charge in [0, 0.05) is 6.42 Å². The van der Waals surface area contributed by atoms with Crippen molar-refractivity contribution >= 4 is 33.6 Å². The van der Waals surface area contributed by atoms with Gasteiger partial charge in [-0.1, -0.05) is 32.9 Å². The van der Waals surface area contributed by atoms with Crippen molar-refractivity contribution in [2.24, 2.45) is 5.41 Å². The molecule has 2 amide bonds. The molecule has 26 heavy (non-hydrogen) atoms. The van der Waals surface area contributed by atoms with E-state index in [4.69, 9.17) is 0 Å². The number of nitrogens with one attached hydrogen (secondary N) is 1. The summed E-state index contributed by atoms with van der Waals surface area (Å²) < 4.78 is 15.1. The molecule has 0 unspecified atom stereocenters. The maximum atomic E-state index is 14.1. The number of rotatable bonds is 3. The largest absolute Gasteiger partial charge is 0.465 e. The van der Waals surface area contributed by atoms with Crippen molar-refractivity contribution in [3.8, 4) is 0 Å². The van der Waals surface area contributed by atoms with Gasteiger partial charge in [-0.15, -0.1) is 11.3 Å². The number of carbonyl (C=O) groups is 2. The van der Waals surface area contributed by atoms with Crippen molar-refractivity contribution in [1.82, 2.24) is 15.2 Å². The number of amides is 2. The monoisotopic (exact) mass is 379 g/mol. The van der Waals surface area contributed by atoms with Gasteiger partial charge in [-0.2, -0.15) is 0 Å². The van der Waals surface area contributed by atoms with E-state index in [1.165, 1.54) is 11.3 Å². The predicted molar refractivity (Wildman–Crippen MR) is 97.9 cm³/mol. The Morgan fingerprint density at radius 2 is 2.12 bits per heavy atom. The van der Waals surface area contributed by atoms with Crippen LogP contribution in [-0.2, 0) is 11.3 Å². The van der Waals surface area contributed by atoms with Crippen molar-refractivity contribution < 1.29 is 19.1 Å². The first-order valence-electron chi connectivity index (χ1n) is 8.42. The maximum Gasteiger partial charge on any atom is 0.408 e. The Labute approximate surface area is 155 Å². The number of alkyl halides is 1. The molecular weight excluding hydrogens is 357 g/mol. The highest BCUT2D eigenvalue weighted by molar-refractivity contribution is 7.18. The second kappa shape index (κ2) is 6.50. The third kappa shape index (κ3) is 3.02. The summed E-state index contributed by atoms with van der Waals surface area (Å²) in [4.78, 5) is 30.1. The first kappa shape index (κ1) is 18.6. The first-order valence-corrected chi connectivity index (χ1v) is 9.24. The molecule has 0 aliphatic carbocycles. The molecule has 1 aromatic heterocycles. The van der Waals surface area contributed by atoms with Crippen molar-refractivity contribution in [2.45, 2.75) is 45.4 Å². The first-order chi connectivity index (χ1) is 12.1. The smallest absolute Gasteiger partial charge is 0.408 e. The second-order valence-electron chi connectivity index (χ2n) is 7.56. The summed E-state index contributed by atoms with van der Waals surface area (Å²) in [5, 5.41) is 13.0. The summed E-state index contributed by atoms with van der Waals surface area (Å²) in [6, 6.07) is 7.65. The van der Waals surface area contributed by atoms with Crippen LogP contribution in [-0.4, -0.2) is 45.2 Å². The van der Waals surface area contributed by atoms with Crippen LogP contribution in [0.5, 0.6) is 0 Å². The van der Waals surface area contributed by atoms with Crippen LogP contribution in [0.15, 0.2) is 24.3 Å². The summed E-state index contributed by atoms with van der Waals surface area (Å²) in [6.07, 6.45) is -2.79. The number of hydrogen-bond donors (Lipinski definition) is 2. The lowest BCUT2D eigenvalue weighted by molar-refractivity contribution is -0.137. The van der Waals surface area contributed by atoms with Gasteiger partial charge in [-0.05, 0) is 17.5 Å². The lowest BCUT2D eigenvalue weighted by Gasteiger charge is -2.45. The molecule has 0 saturated carbocycles. The van der Waals surface area contributed by atoms with E-state index in [1.54, 1.807) is 20.8 Å². The van der Waals surface area contributed by atoms with Gasteiger partial charge in [0.2, 0.25) is 5.91 Å². The number of halogens is 1. The molecule has 140 valence electrons. The second-order valence-corrected chi connectivity index (χ2v) is 8.68. The molecule has 2 heterocycles. The topological polar surface area (TPSA) is 82.5 Å². The Balaban J connectivity index is 1.85. The zero-order chi connectivity index (χ0) is 19.1. The predicted octanol–water partition coefficient (Wildman–Crippen LogP) is 3.42. The van der Waals surface area contributed by atoms with Crippen LogP contribution >= 0.6 is 11.3 Å². The van der Waals surface area contributed by atoms with Gasteiger partial charge in [0.1, 0.15) is 16.7 Å². The molecule has 1 fully saturated rings. The van der Waals surface area contributed by atoms with E-state index in [2.05, 4.69) is 10.3 Å². The summed E-state index contributed by atoms with van der Waals surface area (Å²) in [6.45, 7) is 5.18. The molecule has 0 radical (unpaired) electrons. The van der Waals surface area contributed by atoms with E-state index in [9.17, 15) is 19.1 Å². The van der Waals surface area contributed by atoms with Crippen LogP contribution < -0.4 is 5.32 Å². The number of fused-ring (bicyclic) bond motifs is 1. The van der Waals surface area contributed by atoms with Gasteiger partial charge in [0.15, 0.2) is 0 Å². The fourth-order valence-electron chi connectivity index (χ4n) is 3.66. The van der Waals surface area contributed by atoms with Crippen LogP contribution in [0.25, 0.3) is 10.2 Å². The SMILES string of the molecule is CC(C)(C)[C@]1(C(=O)NCc2nc3ccccc3s2)C[C@@H](F)CN1C(=O)O. The van der Waals surface area contributed by atoms with Gasteiger partial charge >= 0.3 is 6.09 Å². The highest BCUT2D eigenvalue weighted by Gasteiger charge is 2.60. The van der Waals surface area contributed by atoms with Gasteiger partial charge < -0.3 is 10.4 Å². The van der Waals surface area contributed by atoms with E-state index in [1.807, 2.05) is 24.3 Å². The van der Waals surface area contributed by atoms with Crippen molar-refractivity contribution in [2.75, 3.05) is 6.54 Å². The zero-order valence-corrected chi connectivity index (χ0v) is 15.8. The Kier molecular flexibility index (Phi) is 4.64. The minimum Gasteiger partial charge on any atom is -0.465 e. The quantitative estimate of drug-likeness (QED) is 0.856. The number of carbonyl (C=O) groups excluding carboxylic acids is 1. The normalized spacial score (nSPS) is 23.4. The highest BCUT2D eigenvalue weighted by Crippen LogP contribution is 2.45. The molecular formula is C18H22FN3O3S. The van der Waals surface area contributed by atoms with Crippen LogP contribution in [0, 0.1) is 5.41 Å². The van der Waals surface area contributed by atoms with E-state index in [0.717, 1.165) is 20.1 Å². The third-order valence-corrected chi connectivity index (χ3v) is 5.98. The zero-order valence-electron chi connectivity index (χ0n) is 15.0. The number of para-hydroxylation sites is 1. The molecule has 0 bridgehead atoms. The fraction of sp³-hybridized carbons (Fsp3) is 0.500. The standard InChI is InChI=1S/C18H22FN3O3S/c1-17(2,3)18(8-11(19)10-22(18)16(24)25)15(23)20-9-14-21-12-6-4-5-7-13(12)26-14/h4-7,11H,8-10H2,1-3H3,(H,20,23)(H,24,25)/t11-,18-/m1/s1. The van der Waals surface area contributed by atoms with Crippen LogP contribution in [0.3, 0.4) is 0 Å². The van der Waals surface area contributed by atoms with E-state index < -0.39 is 29.1 Å². The molecule has 2 aromatic rings. The number of benzene rings is 1. The average Bonchev–Trinajstić information content (AvgIpc) is 3.13. The molecule has 2 N–H and O–H groups in total.